The van der Waals surface area contributed by atoms with E-state index in [-0.39, 0.29) is 0 Å². The van der Waals surface area contributed by atoms with Crippen LogP contribution >= 0.6 is 0 Å². The molecular weight excluding hydrogens is 220 g/mol. The number of benzene rings is 1. The first-order valence-electron chi connectivity index (χ1n) is 7.05. The maximum atomic E-state index is 5.90. The predicted octanol–water partition coefficient (Wildman–Crippen LogP) is 3.67. The van der Waals surface area contributed by atoms with Gasteiger partial charge in [0.05, 0.1) is 0 Å². The highest BCUT2D eigenvalue weighted by Gasteiger charge is 2.23. The highest BCUT2D eigenvalue weighted by molar-refractivity contribution is 5.86. The van der Waals surface area contributed by atoms with Crippen LogP contribution < -0.4 is 5.73 Å². The van der Waals surface area contributed by atoms with Gasteiger partial charge in [-0.15, -0.1) is 0 Å². The summed E-state index contributed by atoms with van der Waals surface area (Å²) < 4.78 is 0. The number of rotatable bonds is 2. The number of nitrogens with two attached hydrogens (primary N) is 1. The Hall–Kier alpha value is -1.28. The molecule has 2 nitrogen and oxygen atoms in total. The molecule has 1 heterocycles. The van der Waals surface area contributed by atoms with Crippen molar-refractivity contribution in [2.75, 3.05) is 6.54 Å². The molecule has 0 fully saturated rings. The van der Waals surface area contributed by atoms with Crippen molar-refractivity contribution < 1.29 is 0 Å². The lowest BCUT2D eigenvalue weighted by Gasteiger charge is -2.20. The van der Waals surface area contributed by atoms with Crippen molar-refractivity contribution in [1.29, 1.82) is 0 Å². The SMILES string of the molecule is CC(C)c1ccc2[nH]c3c(c2c1)CCCC3CN. The van der Waals surface area contributed by atoms with Crippen LogP contribution in [0.3, 0.4) is 0 Å². The first kappa shape index (κ1) is 11.8. The Bertz CT molecular complexity index is 566. The molecule has 1 aromatic carbocycles. The molecule has 0 aliphatic heterocycles. The Labute approximate surface area is 109 Å². The molecule has 0 spiro atoms. The molecule has 0 amide bonds. The molecule has 0 saturated carbocycles. The Balaban J connectivity index is 2.18. The number of H-pyrrole nitrogens is 1. The summed E-state index contributed by atoms with van der Waals surface area (Å²) in [6.07, 6.45) is 3.70. The largest absolute Gasteiger partial charge is 0.358 e. The van der Waals surface area contributed by atoms with Gasteiger partial charge in [0.25, 0.3) is 0 Å². The summed E-state index contributed by atoms with van der Waals surface area (Å²) >= 11 is 0. The second-order valence-electron chi connectivity index (χ2n) is 5.80. The molecular formula is C16H22N2. The maximum Gasteiger partial charge on any atom is 0.0459 e. The molecule has 96 valence electrons. The predicted molar refractivity (Wildman–Crippen MR) is 77.1 cm³/mol. The lowest BCUT2D eigenvalue weighted by atomic mass is 9.86. The molecule has 3 rings (SSSR count). The lowest BCUT2D eigenvalue weighted by Crippen LogP contribution is -2.17. The van der Waals surface area contributed by atoms with E-state index in [4.69, 9.17) is 5.73 Å². The van der Waals surface area contributed by atoms with Crippen molar-refractivity contribution in [3.05, 3.63) is 35.0 Å². The van der Waals surface area contributed by atoms with Gasteiger partial charge in [-0.05, 0) is 48.4 Å². The number of aromatic nitrogens is 1. The average molecular weight is 242 g/mol. The summed E-state index contributed by atoms with van der Waals surface area (Å²) in [5.41, 5.74) is 11.5. The number of aromatic amines is 1. The van der Waals surface area contributed by atoms with E-state index < -0.39 is 0 Å². The Morgan fingerprint density at radius 3 is 2.94 bits per heavy atom. The summed E-state index contributed by atoms with van der Waals surface area (Å²) in [4.78, 5) is 3.60. The molecule has 1 aromatic heterocycles. The fraction of sp³-hybridized carbons (Fsp3) is 0.500. The van der Waals surface area contributed by atoms with Gasteiger partial charge in [0.15, 0.2) is 0 Å². The van der Waals surface area contributed by atoms with Gasteiger partial charge in [0, 0.05) is 29.1 Å². The van der Waals surface area contributed by atoms with Crippen molar-refractivity contribution in [2.24, 2.45) is 5.73 Å². The highest BCUT2D eigenvalue weighted by Crippen LogP contribution is 2.36. The van der Waals surface area contributed by atoms with E-state index in [1.54, 1.807) is 0 Å². The van der Waals surface area contributed by atoms with Gasteiger partial charge in [-0.25, -0.2) is 0 Å². The third-order valence-corrected chi connectivity index (χ3v) is 4.30. The van der Waals surface area contributed by atoms with Gasteiger partial charge in [-0.3, -0.25) is 0 Å². The zero-order valence-corrected chi connectivity index (χ0v) is 11.3. The third kappa shape index (κ3) is 1.76. The quantitative estimate of drug-likeness (QED) is 0.829. The molecule has 1 atom stereocenters. The van der Waals surface area contributed by atoms with Gasteiger partial charge in [0.1, 0.15) is 0 Å². The lowest BCUT2D eigenvalue weighted by molar-refractivity contribution is 0.553. The highest BCUT2D eigenvalue weighted by atomic mass is 14.8. The summed E-state index contributed by atoms with van der Waals surface area (Å²) in [7, 11) is 0. The molecule has 1 aliphatic carbocycles. The summed E-state index contributed by atoms with van der Waals surface area (Å²) in [5.74, 6) is 1.12. The van der Waals surface area contributed by atoms with E-state index in [1.165, 1.54) is 47.0 Å². The van der Waals surface area contributed by atoms with E-state index in [0.29, 0.717) is 11.8 Å². The van der Waals surface area contributed by atoms with Gasteiger partial charge in [-0.1, -0.05) is 19.9 Å². The van der Waals surface area contributed by atoms with Crippen LogP contribution in [0.1, 0.15) is 55.3 Å². The molecule has 1 unspecified atom stereocenters. The zero-order chi connectivity index (χ0) is 12.7. The van der Waals surface area contributed by atoms with Crippen LogP contribution in [0.4, 0.5) is 0 Å². The third-order valence-electron chi connectivity index (χ3n) is 4.30. The normalized spacial score (nSPS) is 19.4. The van der Waals surface area contributed by atoms with Crippen LogP contribution in [-0.4, -0.2) is 11.5 Å². The Morgan fingerprint density at radius 1 is 1.39 bits per heavy atom. The smallest absolute Gasteiger partial charge is 0.0459 e. The maximum absolute atomic E-state index is 5.90. The molecule has 18 heavy (non-hydrogen) atoms. The summed E-state index contributed by atoms with van der Waals surface area (Å²) in [5, 5.41) is 1.43. The molecule has 2 aromatic rings. The van der Waals surface area contributed by atoms with Crippen LogP contribution in [0.15, 0.2) is 18.2 Å². The van der Waals surface area contributed by atoms with E-state index in [9.17, 15) is 0 Å². The first-order valence-corrected chi connectivity index (χ1v) is 7.05. The number of aryl methyl sites for hydroxylation is 1. The minimum absolute atomic E-state index is 0.531. The van der Waals surface area contributed by atoms with Crippen molar-refractivity contribution in [1.82, 2.24) is 4.98 Å². The van der Waals surface area contributed by atoms with Crippen LogP contribution in [0.5, 0.6) is 0 Å². The number of hydrogen-bond acceptors (Lipinski definition) is 1. The molecule has 0 saturated heterocycles. The molecule has 0 radical (unpaired) electrons. The Morgan fingerprint density at radius 2 is 2.22 bits per heavy atom. The second kappa shape index (κ2) is 4.43. The van der Waals surface area contributed by atoms with Crippen molar-refractivity contribution in [2.45, 2.75) is 44.9 Å². The van der Waals surface area contributed by atoms with Gasteiger partial charge in [-0.2, -0.15) is 0 Å². The van der Waals surface area contributed by atoms with Gasteiger partial charge >= 0.3 is 0 Å². The molecule has 2 heteroatoms. The van der Waals surface area contributed by atoms with E-state index in [1.807, 2.05) is 0 Å². The minimum atomic E-state index is 0.531. The van der Waals surface area contributed by atoms with Crippen molar-refractivity contribution in [3.63, 3.8) is 0 Å². The first-order chi connectivity index (χ1) is 8.70. The van der Waals surface area contributed by atoms with Crippen LogP contribution in [0.25, 0.3) is 10.9 Å². The van der Waals surface area contributed by atoms with E-state index in [2.05, 4.69) is 37.0 Å². The molecule has 0 bridgehead atoms. The number of nitrogens with one attached hydrogen (secondary N) is 1. The Kier molecular flexibility index (Phi) is 2.90. The fourth-order valence-corrected chi connectivity index (χ4v) is 3.17. The van der Waals surface area contributed by atoms with Crippen molar-refractivity contribution in [3.8, 4) is 0 Å². The average Bonchev–Trinajstić information content (AvgIpc) is 2.76. The number of hydrogen-bond donors (Lipinski definition) is 2. The monoisotopic (exact) mass is 242 g/mol. The summed E-state index contributed by atoms with van der Waals surface area (Å²) in [6.45, 7) is 5.27. The standard InChI is InChI=1S/C16H22N2/c1-10(2)11-6-7-15-14(8-11)13-5-3-4-12(9-17)16(13)18-15/h6-8,10,12,18H,3-5,9,17H2,1-2H3. The van der Waals surface area contributed by atoms with Gasteiger partial charge in [0.2, 0.25) is 0 Å². The summed E-state index contributed by atoms with van der Waals surface area (Å²) in [6, 6.07) is 6.84. The minimum Gasteiger partial charge on any atom is -0.358 e. The topological polar surface area (TPSA) is 41.8 Å². The van der Waals surface area contributed by atoms with Crippen LogP contribution in [-0.2, 0) is 6.42 Å². The van der Waals surface area contributed by atoms with Gasteiger partial charge < -0.3 is 10.7 Å². The fourth-order valence-electron chi connectivity index (χ4n) is 3.17. The van der Waals surface area contributed by atoms with Crippen LogP contribution in [0, 0.1) is 0 Å². The van der Waals surface area contributed by atoms with E-state index >= 15 is 0 Å². The van der Waals surface area contributed by atoms with Crippen molar-refractivity contribution >= 4 is 10.9 Å². The number of fused-ring (bicyclic) bond motifs is 3. The zero-order valence-electron chi connectivity index (χ0n) is 11.3. The molecule has 1 aliphatic rings. The second-order valence-corrected chi connectivity index (χ2v) is 5.80. The molecule has 3 N–H and O–H groups in total. The van der Waals surface area contributed by atoms with E-state index in [0.717, 1.165) is 6.54 Å². The van der Waals surface area contributed by atoms with Crippen LogP contribution in [0.2, 0.25) is 0 Å².